The fourth-order valence-corrected chi connectivity index (χ4v) is 2.13. The Bertz CT molecular complexity index is 668. The molecule has 0 heterocycles. The molecule has 0 amide bonds. The summed E-state index contributed by atoms with van der Waals surface area (Å²) in [6, 6.07) is 12.6. The summed E-state index contributed by atoms with van der Waals surface area (Å²) in [6.07, 6.45) is 3.34. The van der Waals surface area contributed by atoms with Gasteiger partial charge in [0.25, 0.3) is 0 Å². The van der Waals surface area contributed by atoms with Crippen molar-refractivity contribution in [2.24, 2.45) is 0 Å². The lowest BCUT2D eigenvalue weighted by Crippen LogP contribution is -2.09. The number of Topliss-reactive ketones (excluding diaryl/α,β-unsaturated/α-hetero) is 2. The summed E-state index contributed by atoms with van der Waals surface area (Å²) in [4.78, 5) is 45.8. The molecule has 0 aliphatic carbocycles. The Morgan fingerprint density at radius 3 is 1.41 bits per heavy atom. The van der Waals surface area contributed by atoms with Crippen LogP contribution in [0.25, 0.3) is 0 Å². The van der Waals surface area contributed by atoms with Crippen molar-refractivity contribution in [1.82, 2.24) is 0 Å². The highest BCUT2D eigenvalue weighted by Gasteiger charge is 2.15. The minimum Gasteiger partial charge on any atom is -0.294 e. The van der Waals surface area contributed by atoms with E-state index in [1.165, 1.54) is 24.3 Å². The minimum absolute atomic E-state index is 0.0370. The summed E-state index contributed by atoms with van der Waals surface area (Å²) in [6.45, 7) is 0. The van der Waals surface area contributed by atoms with Gasteiger partial charge < -0.3 is 0 Å². The molecule has 0 saturated heterocycles. The first kappa shape index (κ1) is 15.5. The van der Waals surface area contributed by atoms with Crippen molar-refractivity contribution in [3.8, 4) is 0 Å². The third-order valence-electron chi connectivity index (χ3n) is 3.25. The topological polar surface area (TPSA) is 68.3 Å². The van der Waals surface area contributed by atoms with E-state index >= 15 is 0 Å². The molecule has 0 aliphatic heterocycles. The summed E-state index contributed by atoms with van der Waals surface area (Å²) in [5.74, 6) is -0.611. The molecule has 2 aromatic rings. The number of carbonyl (C=O) groups excluding carboxylic acids is 4. The molecular formula is C18H12O4. The van der Waals surface area contributed by atoms with E-state index in [2.05, 4.69) is 0 Å². The predicted molar refractivity (Wildman–Crippen MR) is 80.4 cm³/mol. The third kappa shape index (κ3) is 3.41. The van der Waals surface area contributed by atoms with Crippen LogP contribution < -0.4 is 0 Å². The lowest BCUT2D eigenvalue weighted by atomic mass is 9.97. The van der Waals surface area contributed by atoms with Crippen LogP contribution in [0.2, 0.25) is 0 Å². The number of carbonyl (C=O) groups is 2. The maximum atomic E-state index is 12.1. The van der Waals surface area contributed by atoms with Gasteiger partial charge in [-0.15, -0.1) is 0 Å². The predicted octanol–water partition coefficient (Wildman–Crippen LogP) is 2.45. The van der Waals surface area contributed by atoms with E-state index < -0.39 is 0 Å². The standard InChI is InChI=1S/C18H12O4/c19-11-13-5-1-3-7-15(13)17(21)9-10-18(22)16-8-4-2-6-14(16)12-20/h1-8H,9-10H2. The fraction of sp³-hybridized carbons (Fsp3) is 0.111. The second-order valence-corrected chi connectivity index (χ2v) is 4.64. The molecule has 0 fully saturated rings. The lowest BCUT2D eigenvalue weighted by molar-refractivity contribution is 0.0917. The van der Waals surface area contributed by atoms with E-state index in [1.54, 1.807) is 36.8 Å². The molecule has 2 rings (SSSR count). The van der Waals surface area contributed by atoms with E-state index in [0.29, 0.717) is 0 Å². The van der Waals surface area contributed by atoms with Crippen LogP contribution >= 0.6 is 0 Å². The summed E-state index contributed by atoms with van der Waals surface area (Å²) in [7, 11) is 0. The number of hydrogen-bond acceptors (Lipinski definition) is 4. The molecule has 4 nitrogen and oxygen atoms in total. The van der Waals surface area contributed by atoms with Crippen LogP contribution in [0.15, 0.2) is 48.5 Å². The van der Waals surface area contributed by atoms with E-state index in [-0.39, 0.29) is 46.7 Å². The van der Waals surface area contributed by atoms with Crippen molar-refractivity contribution < 1.29 is 19.2 Å². The first-order chi connectivity index (χ1) is 10.7. The van der Waals surface area contributed by atoms with Gasteiger partial charge in [0.15, 0.2) is 11.6 Å². The van der Waals surface area contributed by atoms with Gasteiger partial charge in [-0.3, -0.25) is 19.2 Å². The molecule has 0 saturated carbocycles. The first-order valence-corrected chi connectivity index (χ1v) is 6.68. The minimum atomic E-state index is -0.306. The molecule has 0 atom stereocenters. The first-order valence-electron chi connectivity index (χ1n) is 6.68. The zero-order chi connectivity index (χ0) is 15.9. The number of ketones is 2. The van der Waals surface area contributed by atoms with Gasteiger partial charge in [0.05, 0.1) is 0 Å². The van der Waals surface area contributed by atoms with Gasteiger partial charge in [-0.1, -0.05) is 48.5 Å². The van der Waals surface area contributed by atoms with Crippen LogP contribution in [0.5, 0.6) is 0 Å². The normalized spacial score (nSPS) is 10.0. The molecule has 2 radical (unpaired) electrons. The van der Waals surface area contributed by atoms with Crippen molar-refractivity contribution >= 4 is 24.1 Å². The Labute approximate surface area is 127 Å². The molecule has 0 spiro atoms. The molecule has 0 aromatic heterocycles. The number of hydrogen-bond donors (Lipinski definition) is 0. The van der Waals surface area contributed by atoms with Crippen molar-refractivity contribution in [2.75, 3.05) is 0 Å². The van der Waals surface area contributed by atoms with Crippen LogP contribution in [0.4, 0.5) is 0 Å². The van der Waals surface area contributed by atoms with Crippen molar-refractivity contribution in [3.05, 3.63) is 70.8 Å². The Kier molecular flexibility index (Phi) is 5.09. The molecule has 0 N–H and O–H groups in total. The summed E-state index contributed by atoms with van der Waals surface area (Å²) in [5, 5.41) is 0. The summed E-state index contributed by atoms with van der Waals surface area (Å²) < 4.78 is 0. The SMILES string of the molecule is O=[C]c1ccccc1C(=O)CCC(=O)c1ccccc1[C]=O. The van der Waals surface area contributed by atoms with E-state index in [4.69, 9.17) is 0 Å². The van der Waals surface area contributed by atoms with E-state index in [0.717, 1.165) is 0 Å². The Hall–Kier alpha value is -2.88. The van der Waals surface area contributed by atoms with Gasteiger partial charge in [-0.25, -0.2) is 0 Å². The maximum Gasteiger partial charge on any atom is 0.234 e. The second kappa shape index (κ2) is 7.22. The van der Waals surface area contributed by atoms with E-state index in [9.17, 15) is 19.2 Å². The van der Waals surface area contributed by atoms with Gasteiger partial charge in [-0.05, 0) is 0 Å². The number of benzene rings is 2. The molecule has 0 unspecified atom stereocenters. The van der Waals surface area contributed by atoms with Gasteiger partial charge in [0.2, 0.25) is 12.6 Å². The lowest BCUT2D eigenvalue weighted by Gasteiger charge is -2.05. The highest BCUT2D eigenvalue weighted by Crippen LogP contribution is 2.14. The quantitative estimate of drug-likeness (QED) is 0.735. The highest BCUT2D eigenvalue weighted by atomic mass is 16.1. The summed E-state index contributed by atoms with van der Waals surface area (Å²) >= 11 is 0. The van der Waals surface area contributed by atoms with Crippen LogP contribution in [-0.4, -0.2) is 24.1 Å². The smallest absolute Gasteiger partial charge is 0.234 e. The zero-order valence-corrected chi connectivity index (χ0v) is 11.7. The largest absolute Gasteiger partial charge is 0.294 e. The van der Waals surface area contributed by atoms with Crippen LogP contribution in [0, 0.1) is 0 Å². The Morgan fingerprint density at radius 1 is 0.682 bits per heavy atom. The van der Waals surface area contributed by atoms with Gasteiger partial charge >= 0.3 is 0 Å². The molecular weight excluding hydrogens is 280 g/mol. The van der Waals surface area contributed by atoms with E-state index in [1.807, 2.05) is 0 Å². The third-order valence-corrected chi connectivity index (χ3v) is 3.25. The molecule has 4 heteroatoms. The monoisotopic (exact) mass is 292 g/mol. The molecule has 0 aliphatic rings. The van der Waals surface area contributed by atoms with Gasteiger partial charge in [-0.2, -0.15) is 0 Å². The fourth-order valence-electron chi connectivity index (χ4n) is 2.13. The second-order valence-electron chi connectivity index (χ2n) is 4.64. The summed E-state index contributed by atoms with van der Waals surface area (Å²) in [5.41, 5.74) is 0.865. The van der Waals surface area contributed by atoms with Gasteiger partial charge in [0, 0.05) is 35.1 Å². The molecule has 0 bridgehead atoms. The van der Waals surface area contributed by atoms with Crippen molar-refractivity contribution in [1.29, 1.82) is 0 Å². The molecule has 108 valence electrons. The zero-order valence-electron chi connectivity index (χ0n) is 11.7. The average Bonchev–Trinajstić information content (AvgIpc) is 2.59. The Morgan fingerprint density at radius 2 is 1.05 bits per heavy atom. The van der Waals surface area contributed by atoms with Crippen LogP contribution in [0.1, 0.15) is 44.7 Å². The van der Waals surface area contributed by atoms with Crippen molar-refractivity contribution in [3.63, 3.8) is 0 Å². The van der Waals surface area contributed by atoms with Crippen LogP contribution in [0.3, 0.4) is 0 Å². The molecule has 22 heavy (non-hydrogen) atoms. The maximum absolute atomic E-state index is 12.1. The van der Waals surface area contributed by atoms with Gasteiger partial charge in [0.1, 0.15) is 0 Å². The molecule has 2 aromatic carbocycles. The van der Waals surface area contributed by atoms with Crippen molar-refractivity contribution in [2.45, 2.75) is 12.8 Å². The Balaban J connectivity index is 2.09. The number of rotatable bonds is 7. The van der Waals surface area contributed by atoms with Crippen LogP contribution in [-0.2, 0) is 9.59 Å². The highest BCUT2D eigenvalue weighted by molar-refractivity contribution is 6.07. The average molecular weight is 292 g/mol.